The van der Waals surface area contributed by atoms with Crippen molar-refractivity contribution in [3.05, 3.63) is 51.2 Å². The Labute approximate surface area is 130 Å². The predicted octanol–water partition coefficient (Wildman–Crippen LogP) is 4.18. The van der Waals surface area contributed by atoms with E-state index in [-0.39, 0.29) is 5.82 Å². The molecule has 0 aliphatic rings. The van der Waals surface area contributed by atoms with Crippen LogP contribution >= 0.6 is 11.3 Å². The van der Waals surface area contributed by atoms with Crippen LogP contribution in [0.15, 0.2) is 24.3 Å². The van der Waals surface area contributed by atoms with E-state index < -0.39 is 0 Å². The van der Waals surface area contributed by atoms with E-state index in [4.69, 9.17) is 4.98 Å². The number of nitrogens with zero attached hydrogens (tertiary/aromatic N) is 1. The van der Waals surface area contributed by atoms with Crippen LogP contribution in [0.2, 0.25) is 0 Å². The largest absolute Gasteiger partial charge is 0.312 e. The Morgan fingerprint density at radius 2 is 1.95 bits per heavy atom. The SMILES string of the molecule is CCc1nc(Cc2ccc(F)cc2)sc1CNCC(C)C. The number of aromatic nitrogens is 1. The van der Waals surface area contributed by atoms with Gasteiger partial charge in [-0.1, -0.05) is 32.9 Å². The zero-order chi connectivity index (χ0) is 15.2. The van der Waals surface area contributed by atoms with E-state index in [1.807, 2.05) is 12.1 Å². The lowest BCUT2D eigenvalue weighted by molar-refractivity contribution is 0.553. The summed E-state index contributed by atoms with van der Waals surface area (Å²) in [6, 6.07) is 6.68. The molecular formula is C17H23FN2S. The second kappa shape index (κ2) is 7.66. The molecule has 0 aliphatic heterocycles. The third kappa shape index (κ3) is 4.90. The summed E-state index contributed by atoms with van der Waals surface area (Å²) in [6.45, 7) is 8.47. The predicted molar refractivity (Wildman–Crippen MR) is 87.2 cm³/mol. The maximum atomic E-state index is 12.9. The average Bonchev–Trinajstić information content (AvgIpc) is 2.83. The van der Waals surface area contributed by atoms with E-state index in [9.17, 15) is 4.39 Å². The van der Waals surface area contributed by atoms with Gasteiger partial charge in [0.25, 0.3) is 0 Å². The van der Waals surface area contributed by atoms with Crippen molar-refractivity contribution in [2.24, 2.45) is 5.92 Å². The molecule has 0 unspecified atom stereocenters. The fraction of sp³-hybridized carbons (Fsp3) is 0.471. The quantitative estimate of drug-likeness (QED) is 0.830. The fourth-order valence-corrected chi connectivity index (χ4v) is 3.34. The molecule has 4 heteroatoms. The lowest BCUT2D eigenvalue weighted by Gasteiger charge is -2.06. The zero-order valence-electron chi connectivity index (χ0n) is 12.9. The molecule has 2 aromatic rings. The molecule has 1 aromatic carbocycles. The van der Waals surface area contributed by atoms with E-state index in [1.165, 1.54) is 22.7 Å². The summed E-state index contributed by atoms with van der Waals surface area (Å²) in [6.07, 6.45) is 1.74. The minimum absolute atomic E-state index is 0.189. The summed E-state index contributed by atoms with van der Waals surface area (Å²) in [5, 5.41) is 4.59. The number of rotatable bonds is 7. The Morgan fingerprint density at radius 1 is 1.24 bits per heavy atom. The van der Waals surface area contributed by atoms with Gasteiger partial charge in [-0.25, -0.2) is 9.37 Å². The maximum absolute atomic E-state index is 12.9. The normalized spacial score (nSPS) is 11.3. The van der Waals surface area contributed by atoms with Crippen LogP contribution in [0.3, 0.4) is 0 Å². The van der Waals surface area contributed by atoms with Crippen molar-refractivity contribution >= 4 is 11.3 Å². The minimum atomic E-state index is -0.189. The van der Waals surface area contributed by atoms with Gasteiger partial charge in [-0.15, -0.1) is 11.3 Å². The number of halogens is 1. The molecule has 114 valence electrons. The molecule has 0 bridgehead atoms. The Hall–Kier alpha value is -1.26. The maximum Gasteiger partial charge on any atom is 0.123 e. The van der Waals surface area contributed by atoms with Crippen LogP contribution in [0.4, 0.5) is 4.39 Å². The van der Waals surface area contributed by atoms with Crippen LogP contribution in [0.25, 0.3) is 0 Å². The first kappa shape index (κ1) is 16.1. The summed E-state index contributed by atoms with van der Waals surface area (Å²) >= 11 is 1.77. The number of thiazole rings is 1. The Kier molecular flexibility index (Phi) is 5.88. The molecule has 0 spiro atoms. The fourth-order valence-electron chi connectivity index (χ4n) is 2.18. The standard InChI is InChI=1S/C17H23FN2S/c1-4-15-16(11-19-10-12(2)3)21-17(20-15)9-13-5-7-14(18)8-6-13/h5-8,12,19H,4,9-11H2,1-3H3. The van der Waals surface area contributed by atoms with Crippen molar-refractivity contribution in [3.8, 4) is 0 Å². The Morgan fingerprint density at radius 3 is 2.57 bits per heavy atom. The van der Waals surface area contributed by atoms with Crippen molar-refractivity contribution in [2.75, 3.05) is 6.54 Å². The van der Waals surface area contributed by atoms with Crippen molar-refractivity contribution in [1.82, 2.24) is 10.3 Å². The zero-order valence-corrected chi connectivity index (χ0v) is 13.8. The van der Waals surface area contributed by atoms with Crippen LogP contribution in [-0.4, -0.2) is 11.5 Å². The molecule has 1 N–H and O–H groups in total. The van der Waals surface area contributed by atoms with Gasteiger partial charge in [-0.3, -0.25) is 0 Å². The molecule has 0 atom stereocenters. The van der Waals surface area contributed by atoms with Gasteiger partial charge in [-0.2, -0.15) is 0 Å². The number of hydrogen-bond acceptors (Lipinski definition) is 3. The third-order valence-corrected chi connectivity index (χ3v) is 4.36. The molecule has 2 nitrogen and oxygen atoms in total. The topological polar surface area (TPSA) is 24.9 Å². The summed E-state index contributed by atoms with van der Waals surface area (Å²) in [4.78, 5) is 6.06. The van der Waals surface area contributed by atoms with Gasteiger partial charge in [0.15, 0.2) is 0 Å². The van der Waals surface area contributed by atoms with E-state index in [2.05, 4.69) is 26.1 Å². The van der Waals surface area contributed by atoms with Crippen molar-refractivity contribution in [2.45, 2.75) is 40.2 Å². The van der Waals surface area contributed by atoms with Crippen molar-refractivity contribution < 1.29 is 4.39 Å². The minimum Gasteiger partial charge on any atom is -0.312 e. The first-order chi connectivity index (χ1) is 10.1. The summed E-state index contributed by atoms with van der Waals surface area (Å²) in [5.74, 6) is 0.465. The first-order valence-electron chi connectivity index (χ1n) is 7.51. The summed E-state index contributed by atoms with van der Waals surface area (Å²) < 4.78 is 12.9. The van der Waals surface area contributed by atoms with Crippen LogP contribution < -0.4 is 5.32 Å². The average molecular weight is 306 g/mol. The molecule has 0 aliphatic carbocycles. The van der Waals surface area contributed by atoms with Gasteiger partial charge in [0.2, 0.25) is 0 Å². The molecule has 0 saturated heterocycles. The van der Waals surface area contributed by atoms with E-state index in [1.54, 1.807) is 11.3 Å². The Bertz CT molecular complexity index is 561. The summed E-state index contributed by atoms with van der Waals surface area (Å²) in [7, 11) is 0. The van der Waals surface area contributed by atoms with E-state index in [0.29, 0.717) is 5.92 Å². The van der Waals surface area contributed by atoms with Gasteiger partial charge in [0.05, 0.1) is 10.7 Å². The van der Waals surface area contributed by atoms with Crippen LogP contribution in [0.5, 0.6) is 0 Å². The molecule has 1 aromatic heterocycles. The molecule has 0 amide bonds. The second-order valence-electron chi connectivity index (χ2n) is 5.66. The van der Waals surface area contributed by atoms with Gasteiger partial charge >= 0.3 is 0 Å². The Balaban J connectivity index is 2.03. The lowest BCUT2D eigenvalue weighted by Crippen LogP contribution is -2.18. The van der Waals surface area contributed by atoms with Gasteiger partial charge < -0.3 is 5.32 Å². The highest BCUT2D eigenvalue weighted by molar-refractivity contribution is 7.11. The number of aryl methyl sites for hydroxylation is 1. The number of hydrogen-bond donors (Lipinski definition) is 1. The molecule has 1 heterocycles. The number of benzene rings is 1. The lowest BCUT2D eigenvalue weighted by atomic mass is 10.1. The molecule has 0 saturated carbocycles. The number of nitrogens with one attached hydrogen (secondary N) is 1. The molecule has 0 radical (unpaired) electrons. The highest BCUT2D eigenvalue weighted by Gasteiger charge is 2.10. The van der Waals surface area contributed by atoms with E-state index in [0.717, 1.165) is 36.5 Å². The van der Waals surface area contributed by atoms with Crippen LogP contribution in [0.1, 0.15) is 41.9 Å². The third-order valence-electron chi connectivity index (χ3n) is 3.26. The highest BCUT2D eigenvalue weighted by Crippen LogP contribution is 2.22. The van der Waals surface area contributed by atoms with Gasteiger partial charge in [-0.05, 0) is 36.6 Å². The van der Waals surface area contributed by atoms with Gasteiger partial charge in [0, 0.05) is 17.8 Å². The smallest absolute Gasteiger partial charge is 0.123 e. The first-order valence-corrected chi connectivity index (χ1v) is 8.32. The van der Waals surface area contributed by atoms with Gasteiger partial charge in [0.1, 0.15) is 5.82 Å². The van der Waals surface area contributed by atoms with Crippen LogP contribution in [0, 0.1) is 11.7 Å². The second-order valence-corrected chi connectivity index (χ2v) is 6.83. The highest BCUT2D eigenvalue weighted by atomic mass is 32.1. The van der Waals surface area contributed by atoms with E-state index >= 15 is 0 Å². The molecule has 0 fully saturated rings. The summed E-state index contributed by atoms with van der Waals surface area (Å²) in [5.41, 5.74) is 2.29. The molecule has 2 rings (SSSR count). The van der Waals surface area contributed by atoms with Crippen molar-refractivity contribution in [3.63, 3.8) is 0 Å². The molecule has 21 heavy (non-hydrogen) atoms. The molecular weight excluding hydrogens is 283 g/mol. The monoisotopic (exact) mass is 306 g/mol. The van der Waals surface area contributed by atoms with Crippen molar-refractivity contribution in [1.29, 1.82) is 0 Å². The van der Waals surface area contributed by atoms with Crippen LogP contribution in [-0.2, 0) is 19.4 Å².